The van der Waals surface area contributed by atoms with Crippen LogP contribution in [0.15, 0.2) is 12.4 Å². The van der Waals surface area contributed by atoms with Crippen LogP contribution in [0.2, 0.25) is 0 Å². The topological polar surface area (TPSA) is 73.6 Å². The third kappa shape index (κ3) is 5.12. The van der Waals surface area contributed by atoms with Gasteiger partial charge in [0.1, 0.15) is 18.0 Å². The summed E-state index contributed by atoms with van der Waals surface area (Å²) in [5, 5.41) is 14.9. The lowest BCUT2D eigenvalue weighted by atomic mass is 9.81. The van der Waals surface area contributed by atoms with Gasteiger partial charge in [-0.15, -0.1) is 0 Å². The van der Waals surface area contributed by atoms with Crippen LogP contribution in [0.25, 0.3) is 0 Å². The minimum Gasteiger partial charge on any atom is -0.369 e. The molecule has 0 saturated heterocycles. The summed E-state index contributed by atoms with van der Waals surface area (Å²) in [4.78, 5) is 8.32. The van der Waals surface area contributed by atoms with E-state index >= 15 is 0 Å². The van der Waals surface area contributed by atoms with Crippen molar-refractivity contribution in [2.75, 3.05) is 23.7 Å². The van der Waals surface area contributed by atoms with Gasteiger partial charge in [0.25, 0.3) is 0 Å². The Kier molecular flexibility index (Phi) is 5.56. The smallest absolute Gasteiger partial charge is 0.131 e. The van der Waals surface area contributed by atoms with E-state index in [4.69, 9.17) is 5.26 Å². The summed E-state index contributed by atoms with van der Waals surface area (Å²) in [7, 11) is 0. The molecule has 1 heterocycles. The molecule has 104 valence electrons. The minimum absolute atomic E-state index is 0.208. The summed E-state index contributed by atoms with van der Waals surface area (Å²) in [5.41, 5.74) is 0.208. The Hall–Kier alpha value is -1.83. The van der Waals surface area contributed by atoms with Crippen molar-refractivity contribution in [3.8, 4) is 6.07 Å². The van der Waals surface area contributed by atoms with Crippen molar-refractivity contribution >= 4 is 11.6 Å². The molecule has 1 aromatic heterocycles. The van der Waals surface area contributed by atoms with E-state index in [-0.39, 0.29) is 5.41 Å². The number of nitrogens with zero attached hydrogens (tertiary/aromatic N) is 3. The highest BCUT2D eigenvalue weighted by molar-refractivity contribution is 5.46. The van der Waals surface area contributed by atoms with E-state index in [9.17, 15) is 0 Å². The van der Waals surface area contributed by atoms with E-state index < -0.39 is 0 Å². The summed E-state index contributed by atoms with van der Waals surface area (Å²) < 4.78 is 0. The van der Waals surface area contributed by atoms with Crippen LogP contribution < -0.4 is 10.6 Å². The molecule has 1 aromatic rings. The Labute approximate surface area is 115 Å². The fraction of sp³-hybridized carbons (Fsp3) is 0.643. The molecule has 0 aliphatic heterocycles. The Bertz CT molecular complexity index is 434. The molecule has 0 aliphatic rings. The molecule has 19 heavy (non-hydrogen) atoms. The second-order valence-electron chi connectivity index (χ2n) is 5.62. The second-order valence-corrected chi connectivity index (χ2v) is 5.62. The summed E-state index contributed by atoms with van der Waals surface area (Å²) in [6.45, 7) is 10.4. The Morgan fingerprint density at radius 1 is 1.26 bits per heavy atom. The zero-order chi connectivity index (χ0) is 14.3. The van der Waals surface area contributed by atoms with E-state index in [1.807, 2.05) is 6.07 Å². The molecular formula is C14H23N5. The van der Waals surface area contributed by atoms with E-state index in [2.05, 4.69) is 54.4 Å². The predicted molar refractivity (Wildman–Crippen MR) is 77.9 cm³/mol. The predicted octanol–water partition coefficient (Wildman–Crippen LogP) is 2.90. The highest BCUT2D eigenvalue weighted by Gasteiger charge is 2.21. The number of anilines is 2. The maximum Gasteiger partial charge on any atom is 0.131 e. The molecule has 0 bridgehead atoms. The van der Waals surface area contributed by atoms with Crippen LogP contribution in [0.4, 0.5) is 11.6 Å². The minimum atomic E-state index is 0.208. The SMILES string of the molecule is CC(C)C(C)(C)CNc1cc(NCCC#N)ncn1. The fourth-order valence-corrected chi connectivity index (χ4v) is 1.32. The average molecular weight is 261 g/mol. The average Bonchev–Trinajstić information content (AvgIpc) is 2.37. The Morgan fingerprint density at radius 3 is 2.47 bits per heavy atom. The van der Waals surface area contributed by atoms with Gasteiger partial charge in [0.05, 0.1) is 12.5 Å². The van der Waals surface area contributed by atoms with Gasteiger partial charge in [-0.3, -0.25) is 0 Å². The second kappa shape index (κ2) is 6.93. The van der Waals surface area contributed by atoms with Crippen LogP contribution in [0, 0.1) is 22.7 Å². The van der Waals surface area contributed by atoms with Crippen LogP contribution in [0.1, 0.15) is 34.1 Å². The van der Waals surface area contributed by atoms with Crippen molar-refractivity contribution in [3.05, 3.63) is 12.4 Å². The van der Waals surface area contributed by atoms with Crippen molar-refractivity contribution in [2.45, 2.75) is 34.1 Å². The van der Waals surface area contributed by atoms with E-state index in [0.29, 0.717) is 18.9 Å². The number of rotatable bonds is 7. The van der Waals surface area contributed by atoms with Gasteiger partial charge in [-0.05, 0) is 11.3 Å². The van der Waals surface area contributed by atoms with Gasteiger partial charge in [0.15, 0.2) is 0 Å². The molecular weight excluding hydrogens is 238 g/mol. The van der Waals surface area contributed by atoms with Crippen LogP contribution in [0.3, 0.4) is 0 Å². The summed E-state index contributed by atoms with van der Waals surface area (Å²) >= 11 is 0. The molecule has 2 N–H and O–H groups in total. The first kappa shape index (κ1) is 15.2. The monoisotopic (exact) mass is 261 g/mol. The molecule has 0 spiro atoms. The third-order valence-corrected chi connectivity index (χ3v) is 3.50. The van der Waals surface area contributed by atoms with Gasteiger partial charge >= 0.3 is 0 Å². The first-order valence-corrected chi connectivity index (χ1v) is 6.62. The molecule has 0 aromatic carbocycles. The molecule has 0 unspecified atom stereocenters. The fourth-order valence-electron chi connectivity index (χ4n) is 1.32. The lowest BCUT2D eigenvalue weighted by molar-refractivity contribution is 0.269. The van der Waals surface area contributed by atoms with Gasteiger partial charge in [0.2, 0.25) is 0 Å². The molecule has 0 aliphatic carbocycles. The van der Waals surface area contributed by atoms with Gasteiger partial charge in [-0.25, -0.2) is 9.97 Å². The highest BCUT2D eigenvalue weighted by Crippen LogP contribution is 2.26. The number of hydrogen-bond donors (Lipinski definition) is 2. The molecule has 0 fully saturated rings. The summed E-state index contributed by atoms with van der Waals surface area (Å²) in [6, 6.07) is 3.96. The zero-order valence-electron chi connectivity index (χ0n) is 12.2. The van der Waals surface area contributed by atoms with Crippen LogP contribution >= 0.6 is 0 Å². The Balaban J connectivity index is 2.55. The highest BCUT2D eigenvalue weighted by atomic mass is 15.1. The van der Waals surface area contributed by atoms with Crippen molar-refractivity contribution in [1.29, 1.82) is 5.26 Å². The molecule has 0 radical (unpaired) electrons. The van der Waals surface area contributed by atoms with Crippen LogP contribution in [-0.4, -0.2) is 23.1 Å². The number of aromatic nitrogens is 2. The molecule has 0 atom stereocenters. The third-order valence-electron chi connectivity index (χ3n) is 3.50. The zero-order valence-corrected chi connectivity index (χ0v) is 12.2. The normalized spacial score (nSPS) is 11.2. The molecule has 0 amide bonds. The maximum atomic E-state index is 8.49. The van der Waals surface area contributed by atoms with E-state index in [1.165, 1.54) is 6.33 Å². The van der Waals surface area contributed by atoms with Crippen molar-refractivity contribution in [3.63, 3.8) is 0 Å². The van der Waals surface area contributed by atoms with Crippen molar-refractivity contribution in [2.24, 2.45) is 11.3 Å². The van der Waals surface area contributed by atoms with E-state index in [1.54, 1.807) is 0 Å². The van der Waals surface area contributed by atoms with Gasteiger partial charge in [-0.1, -0.05) is 27.7 Å². The maximum absolute atomic E-state index is 8.49. The first-order chi connectivity index (χ1) is 8.95. The van der Waals surface area contributed by atoms with Gasteiger partial charge in [0, 0.05) is 19.2 Å². The molecule has 0 saturated carbocycles. The standard InChI is InChI=1S/C14H23N5/c1-11(2)14(3,4)9-17-13-8-12(18-10-19-13)16-7-5-6-15/h8,10-11H,5,7,9H2,1-4H3,(H2,16,17,18,19). The lowest BCUT2D eigenvalue weighted by Gasteiger charge is -2.29. The molecule has 5 heteroatoms. The van der Waals surface area contributed by atoms with Crippen LogP contribution in [0.5, 0.6) is 0 Å². The summed E-state index contributed by atoms with van der Waals surface area (Å²) in [5.74, 6) is 2.15. The number of nitriles is 1. The van der Waals surface area contributed by atoms with Crippen molar-refractivity contribution in [1.82, 2.24) is 9.97 Å². The first-order valence-electron chi connectivity index (χ1n) is 6.62. The Morgan fingerprint density at radius 2 is 1.89 bits per heavy atom. The number of hydrogen-bond acceptors (Lipinski definition) is 5. The van der Waals surface area contributed by atoms with Gasteiger partial charge < -0.3 is 10.6 Å². The lowest BCUT2D eigenvalue weighted by Crippen LogP contribution is -2.28. The van der Waals surface area contributed by atoms with Crippen molar-refractivity contribution < 1.29 is 0 Å². The van der Waals surface area contributed by atoms with E-state index in [0.717, 1.165) is 18.2 Å². The van der Waals surface area contributed by atoms with Crippen LogP contribution in [-0.2, 0) is 0 Å². The summed E-state index contributed by atoms with van der Waals surface area (Å²) in [6.07, 6.45) is 1.99. The largest absolute Gasteiger partial charge is 0.369 e. The number of nitrogens with one attached hydrogen (secondary N) is 2. The van der Waals surface area contributed by atoms with Gasteiger partial charge in [-0.2, -0.15) is 5.26 Å². The molecule has 1 rings (SSSR count). The quantitative estimate of drug-likeness (QED) is 0.738. The molecule has 5 nitrogen and oxygen atoms in total.